The Morgan fingerprint density at radius 3 is 2.22 bits per heavy atom. The number of aliphatic hydroxyl groups is 4. The molecule has 3 aromatic carbocycles. The van der Waals surface area contributed by atoms with Gasteiger partial charge in [0, 0.05) is 5.69 Å². The van der Waals surface area contributed by atoms with Crippen LogP contribution in [0.2, 0.25) is 0 Å². The number of aliphatic hydroxyl groups excluding tert-OH is 3. The Hall–Kier alpha value is -3.47. The average molecular weight is 564 g/mol. The highest BCUT2D eigenvalue weighted by Crippen LogP contribution is 2.46. The van der Waals surface area contributed by atoms with Gasteiger partial charge in [0.25, 0.3) is 0 Å². The number of β-lactam (4-membered cyclic amide) rings is 1. The summed E-state index contributed by atoms with van der Waals surface area (Å²) in [4.78, 5) is 15.2. The zero-order valence-corrected chi connectivity index (χ0v) is 23.2. The molecule has 0 unspecified atom stereocenters. The lowest BCUT2D eigenvalue weighted by atomic mass is 9.78. The molecule has 0 spiro atoms. The molecule has 1 amide bonds. The fraction of sp³-hybridized carbons (Fsp3) is 0.406. The number of carbonyl (C=O) groups is 1. The van der Waals surface area contributed by atoms with Gasteiger partial charge in [0.15, 0.2) is 5.79 Å². The molecule has 3 aromatic rings. The standard InChI is InChI=1S/C32H37NO8/c1-32(38)30(36)29(35)28(34)26(41-32)19-40-24-15-11-21(12-16-24)27-25(10-6-9-20-7-4-3-5-8-20)31(37)33(27)22-13-17-23(39-2)18-14-22/h3-5,7-8,11-18,25-30,34-36,38H,6,9-10,19H2,1-2H3/t25-,26-,27-,28-,29+,30-,32+/m1/s1. The summed E-state index contributed by atoms with van der Waals surface area (Å²) in [6.45, 7) is 1.07. The van der Waals surface area contributed by atoms with E-state index in [1.165, 1.54) is 12.5 Å². The predicted molar refractivity (Wildman–Crippen MR) is 152 cm³/mol. The van der Waals surface area contributed by atoms with E-state index in [0.717, 1.165) is 36.3 Å². The van der Waals surface area contributed by atoms with E-state index in [9.17, 15) is 25.2 Å². The lowest BCUT2D eigenvalue weighted by molar-refractivity contribution is -0.340. The van der Waals surface area contributed by atoms with E-state index < -0.39 is 30.2 Å². The second-order valence-electron chi connectivity index (χ2n) is 10.9. The highest BCUT2D eigenvalue weighted by Gasteiger charge is 2.50. The molecular formula is C32H37NO8. The highest BCUT2D eigenvalue weighted by molar-refractivity contribution is 6.03. The molecule has 218 valence electrons. The first kappa shape index (κ1) is 29.0. The first-order valence-electron chi connectivity index (χ1n) is 13.9. The Kier molecular flexibility index (Phi) is 8.63. The number of ether oxygens (including phenoxy) is 3. The van der Waals surface area contributed by atoms with Crippen molar-refractivity contribution in [1.82, 2.24) is 0 Å². The third-order valence-electron chi connectivity index (χ3n) is 8.02. The fourth-order valence-electron chi connectivity index (χ4n) is 5.65. The van der Waals surface area contributed by atoms with Gasteiger partial charge in [0.2, 0.25) is 5.91 Å². The molecule has 0 saturated carbocycles. The quantitative estimate of drug-likeness (QED) is 0.277. The third-order valence-corrected chi connectivity index (χ3v) is 8.02. The maximum Gasteiger partial charge on any atom is 0.233 e. The molecule has 5 rings (SSSR count). The summed E-state index contributed by atoms with van der Waals surface area (Å²) in [5, 5.41) is 40.5. The lowest BCUT2D eigenvalue weighted by Crippen LogP contribution is -2.64. The van der Waals surface area contributed by atoms with Crippen molar-refractivity contribution in [3.8, 4) is 11.5 Å². The van der Waals surface area contributed by atoms with Crippen LogP contribution in [0.5, 0.6) is 11.5 Å². The molecular weight excluding hydrogens is 526 g/mol. The van der Waals surface area contributed by atoms with Crippen LogP contribution in [0, 0.1) is 5.92 Å². The molecule has 4 N–H and O–H groups in total. The normalized spacial score (nSPS) is 29.6. The molecule has 2 saturated heterocycles. The smallest absolute Gasteiger partial charge is 0.233 e. The van der Waals surface area contributed by atoms with Gasteiger partial charge in [-0.05, 0) is 73.7 Å². The number of aryl methyl sites for hydroxylation is 1. The van der Waals surface area contributed by atoms with Crippen LogP contribution in [-0.2, 0) is 16.0 Å². The van der Waals surface area contributed by atoms with E-state index >= 15 is 0 Å². The monoisotopic (exact) mass is 563 g/mol. The predicted octanol–water partition coefficient (Wildman–Crippen LogP) is 2.99. The van der Waals surface area contributed by atoms with Gasteiger partial charge in [-0.25, -0.2) is 0 Å². The van der Waals surface area contributed by atoms with Gasteiger partial charge in [-0.15, -0.1) is 0 Å². The van der Waals surface area contributed by atoms with Crippen LogP contribution in [0.4, 0.5) is 5.69 Å². The third kappa shape index (κ3) is 6.10. The fourth-order valence-corrected chi connectivity index (χ4v) is 5.65. The Balaban J connectivity index is 1.29. The summed E-state index contributed by atoms with van der Waals surface area (Å²) >= 11 is 0. The minimum absolute atomic E-state index is 0.0878. The second kappa shape index (κ2) is 12.2. The minimum atomic E-state index is -2.02. The van der Waals surface area contributed by atoms with Crippen molar-refractivity contribution in [2.45, 2.75) is 62.4 Å². The summed E-state index contributed by atoms with van der Waals surface area (Å²) in [5.74, 6) is -0.881. The number of hydrogen-bond donors (Lipinski definition) is 4. The van der Waals surface area contributed by atoms with Crippen LogP contribution in [0.3, 0.4) is 0 Å². The number of carbonyl (C=O) groups excluding carboxylic acids is 1. The van der Waals surface area contributed by atoms with Gasteiger partial charge < -0.3 is 39.5 Å². The Labute approximate surface area is 239 Å². The van der Waals surface area contributed by atoms with Crippen LogP contribution in [0.15, 0.2) is 78.9 Å². The van der Waals surface area contributed by atoms with Gasteiger partial charge in [-0.2, -0.15) is 0 Å². The topological polar surface area (TPSA) is 129 Å². The SMILES string of the molecule is COc1ccc(N2C(=O)[C@H](CCCc3ccccc3)[C@H]2c2ccc(OC[C@H]3O[C@](C)(O)[C@H](O)[C@@H](O)[C@@H]3O)cc2)cc1. The van der Waals surface area contributed by atoms with Crippen molar-refractivity contribution in [1.29, 1.82) is 0 Å². The van der Waals surface area contributed by atoms with Gasteiger partial charge in [-0.3, -0.25) is 4.79 Å². The summed E-state index contributed by atoms with van der Waals surface area (Å²) in [6, 6.07) is 25.0. The van der Waals surface area contributed by atoms with Crippen molar-refractivity contribution in [2.24, 2.45) is 5.92 Å². The lowest BCUT2D eigenvalue weighted by Gasteiger charge is -2.48. The molecule has 9 nitrogen and oxygen atoms in total. The van der Waals surface area contributed by atoms with E-state index in [0.29, 0.717) is 5.75 Å². The van der Waals surface area contributed by atoms with Gasteiger partial charge in [0.1, 0.15) is 42.5 Å². The number of anilines is 1. The first-order valence-corrected chi connectivity index (χ1v) is 13.9. The second-order valence-corrected chi connectivity index (χ2v) is 10.9. The van der Waals surface area contributed by atoms with Crippen LogP contribution in [0.25, 0.3) is 0 Å². The van der Waals surface area contributed by atoms with E-state index in [4.69, 9.17) is 14.2 Å². The first-order chi connectivity index (χ1) is 19.7. The molecule has 2 aliphatic heterocycles. The Bertz CT molecular complexity index is 1300. The summed E-state index contributed by atoms with van der Waals surface area (Å²) in [5.41, 5.74) is 3.02. The molecule has 2 fully saturated rings. The molecule has 7 atom stereocenters. The van der Waals surface area contributed by atoms with Crippen LogP contribution in [0.1, 0.15) is 36.9 Å². The van der Waals surface area contributed by atoms with E-state index in [2.05, 4.69) is 12.1 Å². The molecule has 0 radical (unpaired) electrons. The number of benzene rings is 3. The molecule has 9 heteroatoms. The average Bonchev–Trinajstić information content (AvgIpc) is 2.99. The zero-order valence-electron chi connectivity index (χ0n) is 23.2. The summed E-state index contributed by atoms with van der Waals surface area (Å²) < 4.78 is 16.4. The summed E-state index contributed by atoms with van der Waals surface area (Å²) in [6.07, 6.45) is -3.15. The number of methoxy groups -OCH3 is 1. The maximum absolute atomic E-state index is 13.4. The molecule has 2 aliphatic rings. The zero-order chi connectivity index (χ0) is 29.1. The summed E-state index contributed by atoms with van der Waals surface area (Å²) in [7, 11) is 1.61. The molecule has 41 heavy (non-hydrogen) atoms. The molecule has 2 heterocycles. The van der Waals surface area contributed by atoms with E-state index in [1.54, 1.807) is 19.2 Å². The van der Waals surface area contributed by atoms with Gasteiger partial charge in [0.05, 0.1) is 19.1 Å². The molecule has 0 bridgehead atoms. The Morgan fingerprint density at radius 1 is 0.902 bits per heavy atom. The minimum Gasteiger partial charge on any atom is -0.497 e. The number of amides is 1. The van der Waals surface area contributed by atoms with Crippen molar-refractivity contribution < 1.29 is 39.4 Å². The van der Waals surface area contributed by atoms with Crippen LogP contribution in [-0.4, -0.2) is 70.3 Å². The van der Waals surface area contributed by atoms with E-state index in [-0.39, 0.29) is 24.5 Å². The van der Waals surface area contributed by atoms with E-state index in [1.807, 2.05) is 59.5 Å². The van der Waals surface area contributed by atoms with Crippen LogP contribution < -0.4 is 14.4 Å². The highest BCUT2D eigenvalue weighted by atomic mass is 16.7. The maximum atomic E-state index is 13.4. The number of nitrogens with zero attached hydrogens (tertiary/aromatic N) is 1. The largest absolute Gasteiger partial charge is 0.497 e. The number of hydrogen-bond acceptors (Lipinski definition) is 8. The Morgan fingerprint density at radius 2 is 1.56 bits per heavy atom. The van der Waals surface area contributed by atoms with Crippen molar-refractivity contribution in [3.05, 3.63) is 90.0 Å². The van der Waals surface area contributed by atoms with Gasteiger partial charge in [-0.1, -0.05) is 42.5 Å². The van der Waals surface area contributed by atoms with Crippen LogP contribution >= 0.6 is 0 Å². The number of rotatable bonds is 10. The van der Waals surface area contributed by atoms with Crippen molar-refractivity contribution in [3.63, 3.8) is 0 Å². The molecule has 0 aliphatic carbocycles. The molecule has 0 aromatic heterocycles. The van der Waals surface area contributed by atoms with Crippen molar-refractivity contribution in [2.75, 3.05) is 18.6 Å². The van der Waals surface area contributed by atoms with Gasteiger partial charge >= 0.3 is 0 Å². The van der Waals surface area contributed by atoms with Crippen molar-refractivity contribution >= 4 is 11.6 Å².